The molecule has 0 saturated heterocycles. The van der Waals surface area contributed by atoms with Crippen molar-refractivity contribution in [1.29, 1.82) is 0 Å². The molecule has 0 bridgehead atoms. The fourth-order valence-electron chi connectivity index (χ4n) is 3.46. The third-order valence-electron chi connectivity index (χ3n) is 4.93. The number of hydrogen-bond donors (Lipinski definition) is 2. The van der Waals surface area contributed by atoms with Crippen molar-refractivity contribution in [1.82, 2.24) is 15.3 Å². The van der Waals surface area contributed by atoms with Crippen LogP contribution in [0.25, 0.3) is 0 Å². The molecule has 1 saturated carbocycles. The Morgan fingerprint density at radius 1 is 1.07 bits per heavy atom. The second kappa shape index (κ2) is 10.0. The number of amides is 1. The van der Waals surface area contributed by atoms with Crippen LogP contribution in [0.3, 0.4) is 0 Å². The number of carbonyl (C=O) groups excluding carboxylic acids is 2. The van der Waals surface area contributed by atoms with E-state index in [1.165, 1.54) is 12.8 Å². The first kappa shape index (κ1) is 20.8. The lowest BCUT2D eigenvalue weighted by atomic mass is 10.1. The fourth-order valence-corrected chi connectivity index (χ4v) is 3.46. The second-order valence-electron chi connectivity index (χ2n) is 7.30. The molecule has 0 spiro atoms. The largest absolute Gasteiger partial charge is 0.462 e. The van der Waals surface area contributed by atoms with Gasteiger partial charge >= 0.3 is 5.97 Å². The Morgan fingerprint density at radius 2 is 1.76 bits per heavy atom. The minimum absolute atomic E-state index is 0.164. The lowest BCUT2D eigenvalue weighted by Crippen LogP contribution is -2.35. The average Bonchev–Trinajstić information content (AvgIpc) is 2.97. The lowest BCUT2D eigenvalue weighted by Gasteiger charge is -2.16. The quantitative estimate of drug-likeness (QED) is 0.563. The van der Waals surface area contributed by atoms with Crippen molar-refractivity contribution < 1.29 is 14.3 Å². The highest BCUT2D eigenvalue weighted by molar-refractivity contribution is 5.93. The van der Waals surface area contributed by atoms with Crippen LogP contribution in [-0.2, 0) is 4.74 Å². The molecule has 7 heteroatoms. The molecule has 0 atom stereocenters. The topological polar surface area (TPSA) is 93.2 Å². The Kier molecular flexibility index (Phi) is 7.16. The van der Waals surface area contributed by atoms with Crippen LogP contribution in [0.5, 0.6) is 0 Å². The van der Waals surface area contributed by atoms with Crippen LogP contribution < -0.4 is 10.6 Å². The van der Waals surface area contributed by atoms with Crippen LogP contribution in [0.4, 0.5) is 11.6 Å². The first-order valence-electron chi connectivity index (χ1n) is 10.3. The molecule has 1 fully saturated rings. The average molecular weight is 396 g/mol. The molecular weight excluding hydrogens is 368 g/mol. The molecule has 7 nitrogen and oxygen atoms in total. The van der Waals surface area contributed by atoms with Crippen molar-refractivity contribution in [2.45, 2.75) is 58.4 Å². The van der Waals surface area contributed by atoms with Crippen LogP contribution >= 0.6 is 0 Å². The number of esters is 1. The zero-order chi connectivity index (χ0) is 20.6. The number of aryl methyl sites for hydroxylation is 1. The van der Waals surface area contributed by atoms with Gasteiger partial charge in [0.25, 0.3) is 5.91 Å². The van der Waals surface area contributed by atoms with Gasteiger partial charge in [-0.2, -0.15) is 0 Å². The number of benzene rings is 1. The number of rotatable bonds is 6. The SMILES string of the molecule is CCOC(=O)c1ccc(Nc2nc(C)cc(C(=O)NC3CCCCCC3)n2)cc1. The minimum Gasteiger partial charge on any atom is -0.462 e. The van der Waals surface area contributed by atoms with Crippen molar-refractivity contribution in [2.75, 3.05) is 11.9 Å². The van der Waals surface area contributed by atoms with Gasteiger partial charge < -0.3 is 15.4 Å². The van der Waals surface area contributed by atoms with Gasteiger partial charge in [0.05, 0.1) is 12.2 Å². The van der Waals surface area contributed by atoms with Crippen LogP contribution in [0, 0.1) is 6.92 Å². The Balaban J connectivity index is 1.68. The summed E-state index contributed by atoms with van der Waals surface area (Å²) >= 11 is 0. The van der Waals surface area contributed by atoms with Crippen molar-refractivity contribution in [3.63, 3.8) is 0 Å². The Morgan fingerprint density at radius 3 is 2.41 bits per heavy atom. The molecule has 0 unspecified atom stereocenters. The molecule has 29 heavy (non-hydrogen) atoms. The second-order valence-corrected chi connectivity index (χ2v) is 7.30. The van der Waals surface area contributed by atoms with E-state index in [0.717, 1.165) is 31.4 Å². The van der Waals surface area contributed by atoms with E-state index in [4.69, 9.17) is 4.74 Å². The van der Waals surface area contributed by atoms with Crippen LogP contribution in [0.2, 0.25) is 0 Å². The van der Waals surface area contributed by atoms with Gasteiger partial charge in [0.15, 0.2) is 0 Å². The summed E-state index contributed by atoms with van der Waals surface area (Å²) in [5.74, 6) is -0.175. The summed E-state index contributed by atoms with van der Waals surface area (Å²) in [4.78, 5) is 33.2. The van der Waals surface area contributed by atoms with E-state index >= 15 is 0 Å². The molecule has 1 aliphatic rings. The van der Waals surface area contributed by atoms with Gasteiger partial charge in [0.2, 0.25) is 5.95 Å². The molecule has 1 heterocycles. The fraction of sp³-hybridized carbons (Fsp3) is 0.455. The maximum Gasteiger partial charge on any atom is 0.338 e. The van der Waals surface area contributed by atoms with Crippen molar-refractivity contribution in [3.8, 4) is 0 Å². The third kappa shape index (κ3) is 6.01. The molecule has 2 N–H and O–H groups in total. The summed E-state index contributed by atoms with van der Waals surface area (Å²) < 4.78 is 4.99. The third-order valence-corrected chi connectivity index (χ3v) is 4.93. The molecule has 2 aromatic rings. The summed E-state index contributed by atoms with van der Waals surface area (Å²) in [6, 6.07) is 8.77. The molecule has 0 aliphatic heterocycles. The minimum atomic E-state index is -0.358. The highest BCUT2D eigenvalue weighted by atomic mass is 16.5. The molecule has 1 amide bonds. The molecule has 1 aromatic carbocycles. The van der Waals surface area contributed by atoms with Crippen LogP contribution in [0.1, 0.15) is 72.0 Å². The van der Waals surface area contributed by atoms with Gasteiger partial charge in [0.1, 0.15) is 5.69 Å². The van der Waals surface area contributed by atoms with Crippen molar-refractivity contribution in [3.05, 3.63) is 47.3 Å². The normalized spacial score (nSPS) is 14.7. The Labute approximate surface area is 171 Å². The molecule has 1 aromatic heterocycles. The van der Waals surface area contributed by atoms with Gasteiger partial charge in [-0.05, 0) is 57.0 Å². The predicted octanol–water partition coefficient (Wildman–Crippen LogP) is 4.16. The van der Waals surface area contributed by atoms with E-state index in [0.29, 0.717) is 29.5 Å². The first-order valence-corrected chi connectivity index (χ1v) is 10.3. The van der Waals surface area contributed by atoms with Gasteiger partial charge in [-0.25, -0.2) is 14.8 Å². The van der Waals surface area contributed by atoms with Crippen molar-refractivity contribution in [2.24, 2.45) is 0 Å². The lowest BCUT2D eigenvalue weighted by molar-refractivity contribution is 0.0526. The van der Waals surface area contributed by atoms with Crippen LogP contribution in [0.15, 0.2) is 30.3 Å². The monoisotopic (exact) mass is 396 g/mol. The zero-order valence-corrected chi connectivity index (χ0v) is 17.0. The van der Waals surface area contributed by atoms with Gasteiger partial charge in [0, 0.05) is 17.4 Å². The van der Waals surface area contributed by atoms with E-state index in [9.17, 15) is 9.59 Å². The summed E-state index contributed by atoms with van der Waals surface area (Å²) in [6.45, 7) is 3.94. The maximum absolute atomic E-state index is 12.7. The van der Waals surface area contributed by atoms with Gasteiger partial charge in [-0.3, -0.25) is 4.79 Å². The first-order chi connectivity index (χ1) is 14.0. The van der Waals surface area contributed by atoms with Gasteiger partial charge in [-0.15, -0.1) is 0 Å². The molecule has 0 radical (unpaired) electrons. The highest BCUT2D eigenvalue weighted by Crippen LogP contribution is 2.19. The molecule has 3 rings (SSSR count). The van der Waals surface area contributed by atoms with E-state index in [-0.39, 0.29) is 17.9 Å². The van der Waals surface area contributed by atoms with E-state index in [1.807, 2.05) is 6.92 Å². The van der Waals surface area contributed by atoms with Crippen LogP contribution in [-0.4, -0.2) is 34.5 Å². The number of aromatic nitrogens is 2. The zero-order valence-electron chi connectivity index (χ0n) is 17.0. The summed E-state index contributed by atoms with van der Waals surface area (Å²) in [5.41, 5.74) is 2.26. The Bertz CT molecular complexity index is 844. The number of carbonyl (C=O) groups is 2. The summed E-state index contributed by atoms with van der Waals surface area (Å²) in [5, 5.41) is 6.21. The number of nitrogens with one attached hydrogen (secondary N) is 2. The number of anilines is 2. The van der Waals surface area contributed by atoms with E-state index < -0.39 is 0 Å². The number of nitrogens with zero attached hydrogens (tertiary/aromatic N) is 2. The number of hydrogen-bond acceptors (Lipinski definition) is 6. The van der Waals surface area contributed by atoms with E-state index in [1.54, 1.807) is 37.3 Å². The smallest absolute Gasteiger partial charge is 0.338 e. The predicted molar refractivity (Wildman–Crippen MR) is 111 cm³/mol. The Hall–Kier alpha value is -2.96. The summed E-state index contributed by atoms with van der Waals surface area (Å²) in [6.07, 6.45) is 6.83. The highest BCUT2D eigenvalue weighted by Gasteiger charge is 2.17. The molecule has 154 valence electrons. The molecular formula is C22H28N4O3. The molecule has 1 aliphatic carbocycles. The van der Waals surface area contributed by atoms with Crippen molar-refractivity contribution >= 4 is 23.5 Å². The summed E-state index contributed by atoms with van der Waals surface area (Å²) in [7, 11) is 0. The van der Waals surface area contributed by atoms with E-state index in [2.05, 4.69) is 20.6 Å². The number of ether oxygens (including phenoxy) is 1. The standard InChI is InChI=1S/C22H28N4O3/c1-3-29-21(28)16-10-12-18(13-11-16)25-22-23-15(2)14-19(26-22)20(27)24-17-8-6-4-5-7-9-17/h10-14,17H,3-9H2,1-2H3,(H,24,27)(H,23,25,26). The van der Waals surface area contributed by atoms with Gasteiger partial charge in [-0.1, -0.05) is 25.7 Å². The maximum atomic E-state index is 12.7.